The highest BCUT2D eigenvalue weighted by Gasteiger charge is 2.24. The van der Waals surface area contributed by atoms with E-state index in [1.54, 1.807) is 4.90 Å². The highest BCUT2D eigenvalue weighted by Crippen LogP contribution is 2.21. The standard InChI is InChI=1S/C14H24N2O5/c17-13(18)4-3-11-2-1-5-16(9-11)14(19)15-8-12-10-20-6-7-21-12/h11-12H,1-10H2,(H,15,19)(H,17,18). The highest BCUT2D eigenvalue weighted by molar-refractivity contribution is 5.74. The molecule has 2 aliphatic rings. The summed E-state index contributed by atoms with van der Waals surface area (Å²) in [7, 11) is 0. The molecule has 0 aliphatic carbocycles. The van der Waals surface area contributed by atoms with Crippen molar-refractivity contribution in [2.75, 3.05) is 39.5 Å². The van der Waals surface area contributed by atoms with E-state index < -0.39 is 5.97 Å². The molecule has 0 aromatic heterocycles. The van der Waals surface area contributed by atoms with Crippen LogP contribution >= 0.6 is 0 Å². The Hall–Kier alpha value is -1.34. The lowest BCUT2D eigenvalue weighted by Crippen LogP contribution is -2.48. The van der Waals surface area contributed by atoms with Crippen LogP contribution in [0, 0.1) is 5.92 Å². The summed E-state index contributed by atoms with van der Waals surface area (Å²) < 4.78 is 10.8. The molecule has 2 heterocycles. The number of ether oxygens (including phenoxy) is 2. The summed E-state index contributed by atoms with van der Waals surface area (Å²) in [5, 5.41) is 11.6. The first kappa shape index (κ1) is 16.0. The Morgan fingerprint density at radius 3 is 2.90 bits per heavy atom. The Labute approximate surface area is 124 Å². The molecule has 2 amide bonds. The number of amides is 2. The summed E-state index contributed by atoms with van der Waals surface area (Å²) in [6, 6.07) is -0.0933. The number of rotatable bonds is 5. The van der Waals surface area contributed by atoms with E-state index in [9.17, 15) is 9.59 Å². The number of urea groups is 1. The number of hydrogen-bond donors (Lipinski definition) is 2. The minimum atomic E-state index is -0.772. The molecule has 2 aliphatic heterocycles. The van der Waals surface area contributed by atoms with Crippen LogP contribution in [-0.2, 0) is 14.3 Å². The van der Waals surface area contributed by atoms with E-state index in [4.69, 9.17) is 14.6 Å². The maximum absolute atomic E-state index is 12.1. The number of carbonyl (C=O) groups excluding carboxylic acids is 1. The van der Waals surface area contributed by atoms with E-state index in [1.165, 1.54) is 0 Å². The van der Waals surface area contributed by atoms with Gasteiger partial charge in [0.15, 0.2) is 0 Å². The van der Waals surface area contributed by atoms with E-state index >= 15 is 0 Å². The van der Waals surface area contributed by atoms with Crippen molar-refractivity contribution in [3.05, 3.63) is 0 Å². The van der Waals surface area contributed by atoms with E-state index in [1.807, 2.05) is 0 Å². The number of carboxylic acids is 1. The molecule has 0 aromatic rings. The number of piperidine rings is 1. The van der Waals surface area contributed by atoms with Gasteiger partial charge in [0.05, 0.1) is 25.9 Å². The first-order valence-corrected chi connectivity index (χ1v) is 7.59. The molecule has 2 atom stereocenters. The molecule has 2 unspecified atom stereocenters. The molecule has 2 rings (SSSR count). The van der Waals surface area contributed by atoms with Gasteiger partial charge in [0, 0.05) is 26.1 Å². The van der Waals surface area contributed by atoms with Crippen LogP contribution in [0.25, 0.3) is 0 Å². The second-order valence-electron chi connectivity index (χ2n) is 5.64. The molecule has 7 heteroatoms. The first-order valence-electron chi connectivity index (χ1n) is 7.59. The van der Waals surface area contributed by atoms with Crippen LogP contribution in [0.2, 0.25) is 0 Å². The molecule has 0 saturated carbocycles. The number of hydrogen-bond acceptors (Lipinski definition) is 4. The Bertz CT molecular complexity index is 357. The van der Waals surface area contributed by atoms with Crippen molar-refractivity contribution in [1.29, 1.82) is 0 Å². The van der Waals surface area contributed by atoms with Gasteiger partial charge in [0.2, 0.25) is 0 Å². The minimum Gasteiger partial charge on any atom is -0.481 e. The molecule has 120 valence electrons. The molecular formula is C14H24N2O5. The van der Waals surface area contributed by atoms with Crippen LogP contribution in [0.15, 0.2) is 0 Å². The van der Waals surface area contributed by atoms with Gasteiger partial charge >= 0.3 is 12.0 Å². The van der Waals surface area contributed by atoms with Crippen LogP contribution in [-0.4, -0.2) is 67.6 Å². The number of aliphatic carboxylic acids is 1. The normalized spacial score (nSPS) is 26.4. The third-order valence-corrected chi connectivity index (χ3v) is 3.94. The quantitative estimate of drug-likeness (QED) is 0.780. The summed E-state index contributed by atoms with van der Waals surface area (Å²) in [6.45, 7) is 3.53. The smallest absolute Gasteiger partial charge is 0.317 e. The molecule has 7 nitrogen and oxygen atoms in total. The van der Waals surface area contributed by atoms with Crippen LogP contribution in [0.4, 0.5) is 4.79 Å². The molecule has 0 radical (unpaired) electrons. The fourth-order valence-corrected chi connectivity index (χ4v) is 2.78. The zero-order valence-corrected chi connectivity index (χ0v) is 12.3. The van der Waals surface area contributed by atoms with E-state index in [2.05, 4.69) is 5.32 Å². The molecule has 2 saturated heterocycles. The predicted octanol–water partition coefficient (Wildman–Crippen LogP) is 0.688. The summed E-state index contributed by atoms with van der Waals surface area (Å²) in [6.07, 6.45) is 2.67. The van der Waals surface area contributed by atoms with Crippen molar-refractivity contribution in [3.63, 3.8) is 0 Å². The molecule has 2 fully saturated rings. The average Bonchev–Trinajstić information content (AvgIpc) is 2.52. The lowest BCUT2D eigenvalue weighted by Gasteiger charge is -2.33. The number of carbonyl (C=O) groups is 2. The van der Waals surface area contributed by atoms with E-state index in [0.29, 0.717) is 39.3 Å². The van der Waals surface area contributed by atoms with Gasteiger partial charge in [0.25, 0.3) is 0 Å². The number of likely N-dealkylation sites (tertiary alicyclic amines) is 1. The van der Waals surface area contributed by atoms with Gasteiger partial charge in [-0.15, -0.1) is 0 Å². The van der Waals surface area contributed by atoms with Gasteiger partial charge in [-0.05, 0) is 25.2 Å². The lowest BCUT2D eigenvalue weighted by atomic mass is 9.93. The fourth-order valence-electron chi connectivity index (χ4n) is 2.78. The average molecular weight is 300 g/mol. The molecule has 21 heavy (non-hydrogen) atoms. The number of nitrogens with zero attached hydrogens (tertiary/aromatic N) is 1. The lowest BCUT2D eigenvalue weighted by molar-refractivity contribution is -0.137. The zero-order valence-electron chi connectivity index (χ0n) is 12.3. The largest absolute Gasteiger partial charge is 0.481 e. The Kier molecular flexibility index (Phi) is 6.25. The highest BCUT2D eigenvalue weighted by atomic mass is 16.6. The van der Waals surface area contributed by atoms with Gasteiger partial charge in [0.1, 0.15) is 0 Å². The van der Waals surface area contributed by atoms with Crippen molar-refractivity contribution in [1.82, 2.24) is 10.2 Å². The Balaban J connectivity index is 1.69. The van der Waals surface area contributed by atoms with Gasteiger partial charge in [-0.2, -0.15) is 0 Å². The molecule has 0 bridgehead atoms. The Morgan fingerprint density at radius 2 is 2.19 bits per heavy atom. The molecule has 2 N–H and O–H groups in total. The van der Waals surface area contributed by atoms with E-state index in [0.717, 1.165) is 19.4 Å². The maximum Gasteiger partial charge on any atom is 0.317 e. The second-order valence-corrected chi connectivity index (χ2v) is 5.64. The summed E-state index contributed by atoms with van der Waals surface area (Å²) >= 11 is 0. The first-order chi connectivity index (χ1) is 10.1. The second kappa shape index (κ2) is 8.19. The Morgan fingerprint density at radius 1 is 1.33 bits per heavy atom. The fraction of sp³-hybridized carbons (Fsp3) is 0.857. The van der Waals surface area contributed by atoms with Crippen molar-refractivity contribution in [2.45, 2.75) is 31.8 Å². The van der Waals surface area contributed by atoms with Crippen molar-refractivity contribution in [2.24, 2.45) is 5.92 Å². The summed E-state index contributed by atoms with van der Waals surface area (Å²) in [5.41, 5.74) is 0. The van der Waals surface area contributed by atoms with Gasteiger partial charge in [-0.1, -0.05) is 0 Å². The topological polar surface area (TPSA) is 88.1 Å². The predicted molar refractivity (Wildman–Crippen MR) is 75.1 cm³/mol. The number of carboxylic acid groups (broad SMARTS) is 1. The summed E-state index contributed by atoms with van der Waals surface area (Å²) in [4.78, 5) is 24.5. The van der Waals surface area contributed by atoms with Crippen LogP contribution < -0.4 is 5.32 Å². The van der Waals surface area contributed by atoms with E-state index in [-0.39, 0.29) is 24.5 Å². The zero-order chi connectivity index (χ0) is 15.1. The van der Waals surface area contributed by atoms with Crippen molar-refractivity contribution >= 4 is 12.0 Å². The minimum absolute atomic E-state index is 0.0738. The molecular weight excluding hydrogens is 276 g/mol. The van der Waals surface area contributed by atoms with Crippen molar-refractivity contribution < 1.29 is 24.2 Å². The molecule has 0 aromatic carbocycles. The number of nitrogens with one attached hydrogen (secondary N) is 1. The SMILES string of the molecule is O=C(O)CCC1CCCN(C(=O)NCC2COCCO2)C1. The third-order valence-electron chi connectivity index (χ3n) is 3.94. The monoisotopic (exact) mass is 300 g/mol. The summed E-state index contributed by atoms with van der Waals surface area (Å²) in [5.74, 6) is -0.485. The van der Waals surface area contributed by atoms with Crippen LogP contribution in [0.5, 0.6) is 0 Å². The van der Waals surface area contributed by atoms with Crippen molar-refractivity contribution in [3.8, 4) is 0 Å². The maximum atomic E-state index is 12.1. The van der Waals surface area contributed by atoms with Crippen LogP contribution in [0.1, 0.15) is 25.7 Å². The van der Waals surface area contributed by atoms with Gasteiger partial charge < -0.3 is 24.8 Å². The third kappa shape index (κ3) is 5.51. The van der Waals surface area contributed by atoms with Crippen LogP contribution in [0.3, 0.4) is 0 Å². The molecule has 0 spiro atoms. The van der Waals surface area contributed by atoms with Gasteiger partial charge in [-0.25, -0.2) is 4.79 Å². The van der Waals surface area contributed by atoms with Gasteiger partial charge in [-0.3, -0.25) is 4.79 Å².